The van der Waals surface area contributed by atoms with E-state index in [0.717, 1.165) is 47.6 Å². The molecular weight excluding hydrogens is 462 g/mol. The summed E-state index contributed by atoms with van der Waals surface area (Å²) in [4.78, 5) is 18.9. The number of hydrogen-bond donors (Lipinski definition) is 1. The molecule has 2 aromatic heterocycles. The lowest BCUT2D eigenvalue weighted by Crippen LogP contribution is -2.46. The van der Waals surface area contributed by atoms with Crippen LogP contribution in [-0.2, 0) is 6.42 Å². The molecule has 4 rings (SSSR count). The number of piperazine rings is 1. The number of carbonyl (C=O) groups is 1. The summed E-state index contributed by atoms with van der Waals surface area (Å²) in [7, 11) is 2.17. The summed E-state index contributed by atoms with van der Waals surface area (Å²) in [6.07, 6.45) is 2.46. The van der Waals surface area contributed by atoms with Crippen LogP contribution in [0.2, 0.25) is 0 Å². The van der Waals surface area contributed by atoms with E-state index in [1.807, 2.05) is 0 Å². The van der Waals surface area contributed by atoms with Gasteiger partial charge < -0.3 is 14.6 Å². The Morgan fingerprint density at radius 2 is 1.93 bits per heavy atom. The maximum absolute atomic E-state index is 12.7. The lowest BCUT2D eigenvalue weighted by atomic mass is 9.97. The summed E-state index contributed by atoms with van der Waals surface area (Å²) in [6.45, 7) is 6.19. The van der Waals surface area contributed by atoms with Gasteiger partial charge in [-0.3, -0.25) is 9.69 Å². The number of hydrogen-bond acceptors (Lipinski definition) is 5. The van der Waals surface area contributed by atoms with E-state index >= 15 is 0 Å². The second-order valence-electron chi connectivity index (χ2n) is 7.58. The number of aryl methyl sites for hydroxylation is 1. The van der Waals surface area contributed by atoms with E-state index in [2.05, 4.69) is 75.3 Å². The van der Waals surface area contributed by atoms with Crippen LogP contribution in [0.15, 0.2) is 57.6 Å². The van der Waals surface area contributed by atoms with Crippen LogP contribution in [-0.4, -0.2) is 48.9 Å². The molecule has 1 fully saturated rings. The molecule has 5 nitrogen and oxygen atoms in total. The Kier molecular flexibility index (Phi) is 6.73. The molecule has 30 heavy (non-hydrogen) atoms. The minimum atomic E-state index is -0.210. The average Bonchev–Trinajstić information content (AvgIpc) is 3.42. The number of carbonyl (C=O) groups excluding carboxylic acids is 1. The molecule has 1 N–H and O–H groups in total. The first kappa shape index (κ1) is 21.3. The van der Waals surface area contributed by atoms with Crippen LogP contribution in [0.5, 0.6) is 0 Å². The van der Waals surface area contributed by atoms with E-state index in [9.17, 15) is 4.79 Å². The minimum absolute atomic E-state index is 0.0928. The van der Waals surface area contributed by atoms with Gasteiger partial charge in [-0.25, -0.2) is 0 Å². The topological polar surface area (TPSA) is 48.7 Å². The number of thiophene rings is 1. The van der Waals surface area contributed by atoms with E-state index in [-0.39, 0.29) is 11.9 Å². The van der Waals surface area contributed by atoms with Crippen molar-refractivity contribution >= 4 is 38.2 Å². The number of furan rings is 1. The highest BCUT2D eigenvalue weighted by Crippen LogP contribution is 2.40. The van der Waals surface area contributed by atoms with Crippen molar-refractivity contribution in [3.8, 4) is 0 Å². The number of amides is 1. The fourth-order valence-electron chi connectivity index (χ4n) is 3.82. The van der Waals surface area contributed by atoms with Gasteiger partial charge in [0.2, 0.25) is 0 Å². The van der Waals surface area contributed by atoms with E-state index in [0.29, 0.717) is 5.76 Å². The highest BCUT2D eigenvalue weighted by Gasteiger charge is 2.29. The molecule has 3 aromatic rings. The zero-order valence-electron chi connectivity index (χ0n) is 17.2. The monoisotopic (exact) mass is 487 g/mol. The zero-order valence-corrected chi connectivity index (χ0v) is 19.6. The molecule has 0 bridgehead atoms. The van der Waals surface area contributed by atoms with E-state index in [1.54, 1.807) is 23.5 Å². The maximum atomic E-state index is 12.7. The van der Waals surface area contributed by atoms with Gasteiger partial charge in [0.1, 0.15) is 5.00 Å². The van der Waals surface area contributed by atoms with E-state index in [4.69, 9.17) is 4.42 Å². The van der Waals surface area contributed by atoms with Crippen molar-refractivity contribution in [1.82, 2.24) is 9.80 Å². The first-order chi connectivity index (χ1) is 14.5. The molecule has 0 aliphatic carbocycles. The first-order valence-electron chi connectivity index (χ1n) is 10.2. The highest BCUT2D eigenvalue weighted by molar-refractivity contribution is 9.10. The third-order valence-electron chi connectivity index (χ3n) is 5.52. The standard InChI is InChI=1S/C23H26BrN3O2S/c1-3-18-15-19(23(30-18)25-22(28)20-5-4-14-29-20)21(16-6-8-17(24)9-7-16)27-12-10-26(2)11-13-27/h4-9,14-15,21H,3,10-13H2,1-2H3,(H,25,28)/t21-/m1/s1. The van der Waals surface area contributed by atoms with Crippen LogP contribution < -0.4 is 5.32 Å². The first-order valence-corrected chi connectivity index (χ1v) is 11.8. The number of nitrogens with one attached hydrogen (secondary N) is 1. The van der Waals surface area contributed by atoms with Gasteiger partial charge in [-0.1, -0.05) is 35.0 Å². The Labute approximate surface area is 189 Å². The van der Waals surface area contributed by atoms with Crippen molar-refractivity contribution in [1.29, 1.82) is 0 Å². The molecule has 0 radical (unpaired) electrons. The molecule has 1 saturated heterocycles. The average molecular weight is 488 g/mol. The summed E-state index contributed by atoms with van der Waals surface area (Å²) in [6, 6.07) is 14.3. The Balaban J connectivity index is 1.72. The minimum Gasteiger partial charge on any atom is -0.459 e. The third kappa shape index (κ3) is 4.70. The summed E-state index contributed by atoms with van der Waals surface area (Å²) in [5.41, 5.74) is 2.39. The number of halogens is 1. The summed E-state index contributed by atoms with van der Waals surface area (Å²) >= 11 is 5.21. The number of benzene rings is 1. The lowest BCUT2D eigenvalue weighted by Gasteiger charge is -2.38. The van der Waals surface area contributed by atoms with Crippen LogP contribution in [0.1, 0.15) is 39.5 Å². The van der Waals surface area contributed by atoms with Gasteiger partial charge in [0.25, 0.3) is 5.91 Å². The normalized spacial score (nSPS) is 16.5. The van der Waals surface area contributed by atoms with Gasteiger partial charge in [0.05, 0.1) is 12.3 Å². The fourth-order valence-corrected chi connectivity index (χ4v) is 5.11. The zero-order chi connectivity index (χ0) is 21.1. The summed E-state index contributed by atoms with van der Waals surface area (Å²) < 4.78 is 6.36. The van der Waals surface area contributed by atoms with Crippen molar-refractivity contribution in [2.45, 2.75) is 19.4 Å². The second kappa shape index (κ2) is 9.47. The van der Waals surface area contributed by atoms with Crippen LogP contribution in [0.25, 0.3) is 0 Å². The number of anilines is 1. The fraction of sp³-hybridized carbons (Fsp3) is 0.348. The molecule has 7 heteroatoms. The SMILES string of the molecule is CCc1cc([C@@H](c2ccc(Br)cc2)N2CCN(C)CC2)c(NC(=O)c2ccco2)s1. The smallest absolute Gasteiger partial charge is 0.291 e. The molecule has 3 heterocycles. The Morgan fingerprint density at radius 1 is 1.20 bits per heavy atom. The maximum Gasteiger partial charge on any atom is 0.291 e. The van der Waals surface area contributed by atoms with Gasteiger partial charge in [-0.2, -0.15) is 0 Å². The molecule has 0 spiro atoms. The van der Waals surface area contributed by atoms with Gasteiger partial charge in [-0.15, -0.1) is 11.3 Å². The van der Waals surface area contributed by atoms with Crippen molar-refractivity contribution in [2.24, 2.45) is 0 Å². The highest BCUT2D eigenvalue weighted by atomic mass is 79.9. The molecule has 1 aliphatic heterocycles. The van der Waals surface area contributed by atoms with Crippen molar-refractivity contribution in [3.05, 3.63) is 75.0 Å². The predicted octanol–water partition coefficient (Wildman–Crippen LogP) is 5.26. The third-order valence-corrected chi connectivity index (χ3v) is 7.25. The van der Waals surface area contributed by atoms with Crippen LogP contribution in [0, 0.1) is 0 Å². The molecule has 1 atom stereocenters. The van der Waals surface area contributed by atoms with Gasteiger partial charge >= 0.3 is 0 Å². The van der Waals surface area contributed by atoms with Gasteiger partial charge in [-0.05, 0) is 49.4 Å². The van der Waals surface area contributed by atoms with Crippen molar-refractivity contribution in [2.75, 3.05) is 38.5 Å². The molecule has 0 saturated carbocycles. The van der Waals surface area contributed by atoms with Gasteiger partial charge in [0.15, 0.2) is 5.76 Å². The lowest BCUT2D eigenvalue weighted by molar-refractivity contribution is 0.0996. The van der Waals surface area contributed by atoms with E-state index in [1.165, 1.54) is 16.7 Å². The number of nitrogens with zero attached hydrogens (tertiary/aromatic N) is 2. The predicted molar refractivity (Wildman–Crippen MR) is 125 cm³/mol. The van der Waals surface area contributed by atoms with Crippen molar-refractivity contribution < 1.29 is 9.21 Å². The molecule has 1 amide bonds. The Bertz CT molecular complexity index is 977. The molecular formula is C23H26BrN3O2S. The Morgan fingerprint density at radius 3 is 2.57 bits per heavy atom. The summed E-state index contributed by atoms with van der Waals surface area (Å²) in [5, 5.41) is 4.02. The number of likely N-dealkylation sites (N-methyl/N-ethyl adjacent to an activating group) is 1. The molecule has 158 valence electrons. The van der Waals surface area contributed by atoms with Gasteiger partial charge in [0, 0.05) is 41.1 Å². The molecule has 1 aromatic carbocycles. The van der Waals surface area contributed by atoms with Crippen molar-refractivity contribution in [3.63, 3.8) is 0 Å². The second-order valence-corrected chi connectivity index (χ2v) is 9.63. The molecule has 1 aliphatic rings. The quantitative estimate of drug-likeness (QED) is 0.515. The largest absolute Gasteiger partial charge is 0.459 e. The summed E-state index contributed by atoms with van der Waals surface area (Å²) in [5.74, 6) is 0.117. The van der Waals surface area contributed by atoms with Crippen LogP contribution in [0.3, 0.4) is 0 Å². The van der Waals surface area contributed by atoms with E-state index < -0.39 is 0 Å². The van der Waals surface area contributed by atoms with Crippen LogP contribution >= 0.6 is 27.3 Å². The van der Waals surface area contributed by atoms with Crippen LogP contribution in [0.4, 0.5) is 5.00 Å². The Hall–Kier alpha value is -1.93. The molecule has 0 unspecified atom stereocenters. The number of rotatable bonds is 6.